The van der Waals surface area contributed by atoms with Gasteiger partial charge in [-0.15, -0.1) is 24.2 Å². The third kappa shape index (κ3) is 6.33. The Labute approximate surface area is 131 Å². The zero-order chi connectivity index (χ0) is 14.3. The van der Waals surface area contributed by atoms with Gasteiger partial charge in [-0.3, -0.25) is 9.59 Å². The van der Waals surface area contributed by atoms with Crippen LogP contribution in [-0.2, 0) is 14.3 Å². The van der Waals surface area contributed by atoms with Crippen LogP contribution in [0.2, 0.25) is 0 Å². The van der Waals surface area contributed by atoms with Crippen LogP contribution in [0.3, 0.4) is 0 Å². The summed E-state index contributed by atoms with van der Waals surface area (Å²) in [5.74, 6) is 0.743. The number of thioether (sulfide) groups is 1. The molecule has 118 valence electrons. The van der Waals surface area contributed by atoms with Crippen LogP contribution in [-0.4, -0.2) is 42.6 Å². The van der Waals surface area contributed by atoms with Crippen molar-refractivity contribution in [3.63, 3.8) is 0 Å². The fraction of sp³-hybridized carbons (Fsp3) is 0.846. The Kier molecular flexibility index (Phi) is 9.25. The molecule has 1 amide bonds. The summed E-state index contributed by atoms with van der Waals surface area (Å²) in [6, 6.07) is 0. The van der Waals surface area contributed by atoms with Gasteiger partial charge in [-0.1, -0.05) is 12.8 Å². The van der Waals surface area contributed by atoms with Crippen LogP contribution in [0.25, 0.3) is 0 Å². The number of carbonyl (C=O) groups is 2. The summed E-state index contributed by atoms with van der Waals surface area (Å²) in [5, 5.41) is 2.91. The number of esters is 1. The molecular weight excluding hydrogens is 300 g/mol. The number of hydrogen-bond donors (Lipinski definition) is 2. The second kappa shape index (κ2) is 9.47. The summed E-state index contributed by atoms with van der Waals surface area (Å²) in [7, 11) is 1.37. The van der Waals surface area contributed by atoms with Crippen molar-refractivity contribution in [2.75, 3.05) is 25.2 Å². The van der Waals surface area contributed by atoms with E-state index in [1.54, 1.807) is 0 Å². The monoisotopic (exact) mass is 324 g/mol. The molecule has 0 aromatic rings. The van der Waals surface area contributed by atoms with Gasteiger partial charge in [-0.05, 0) is 19.8 Å². The van der Waals surface area contributed by atoms with Crippen LogP contribution in [0, 0.1) is 5.92 Å². The lowest BCUT2D eigenvalue weighted by Crippen LogP contribution is -2.53. The Morgan fingerprint density at radius 1 is 1.45 bits per heavy atom. The van der Waals surface area contributed by atoms with E-state index in [1.807, 2.05) is 6.92 Å². The molecule has 1 fully saturated rings. The van der Waals surface area contributed by atoms with Crippen LogP contribution >= 0.6 is 24.2 Å². The molecule has 1 rings (SSSR count). The molecular formula is C13H25ClN2O3S. The van der Waals surface area contributed by atoms with Gasteiger partial charge < -0.3 is 15.8 Å². The molecule has 1 aliphatic carbocycles. The molecule has 0 aromatic carbocycles. The highest BCUT2D eigenvalue weighted by molar-refractivity contribution is 7.99. The second-order valence-corrected chi connectivity index (χ2v) is 6.33. The molecule has 20 heavy (non-hydrogen) atoms. The molecule has 3 N–H and O–H groups in total. The molecule has 0 spiro atoms. The molecule has 0 saturated heterocycles. The first kappa shape index (κ1) is 19.5. The molecule has 0 aliphatic heterocycles. The number of amides is 1. The summed E-state index contributed by atoms with van der Waals surface area (Å²) in [5.41, 5.74) is 5.80. The van der Waals surface area contributed by atoms with Gasteiger partial charge in [-0.2, -0.15) is 0 Å². The van der Waals surface area contributed by atoms with Gasteiger partial charge >= 0.3 is 5.97 Å². The van der Waals surface area contributed by atoms with E-state index in [-0.39, 0.29) is 35.7 Å². The van der Waals surface area contributed by atoms with Crippen LogP contribution in [0.5, 0.6) is 0 Å². The fourth-order valence-corrected chi connectivity index (χ4v) is 3.05. The number of methoxy groups -OCH3 is 1. The smallest absolute Gasteiger partial charge is 0.315 e. The first-order valence-electron chi connectivity index (χ1n) is 6.68. The van der Waals surface area contributed by atoms with E-state index in [2.05, 4.69) is 10.1 Å². The van der Waals surface area contributed by atoms with E-state index in [0.29, 0.717) is 18.1 Å². The number of rotatable bonds is 6. The Morgan fingerprint density at radius 2 is 2.15 bits per heavy atom. The van der Waals surface area contributed by atoms with E-state index in [9.17, 15) is 9.59 Å². The maximum atomic E-state index is 12.1. The van der Waals surface area contributed by atoms with E-state index in [1.165, 1.54) is 18.9 Å². The van der Waals surface area contributed by atoms with E-state index < -0.39 is 0 Å². The van der Waals surface area contributed by atoms with Crippen molar-refractivity contribution in [3.8, 4) is 0 Å². The van der Waals surface area contributed by atoms with Crippen molar-refractivity contribution in [3.05, 3.63) is 0 Å². The number of hydrogen-bond acceptors (Lipinski definition) is 5. The fourth-order valence-electron chi connectivity index (χ4n) is 2.37. The normalized spacial score (nSPS) is 25.4. The van der Waals surface area contributed by atoms with Crippen molar-refractivity contribution in [2.24, 2.45) is 11.7 Å². The van der Waals surface area contributed by atoms with Crippen LogP contribution < -0.4 is 11.1 Å². The van der Waals surface area contributed by atoms with Gasteiger partial charge in [0.05, 0.1) is 18.8 Å². The molecule has 1 aliphatic rings. The minimum Gasteiger partial charge on any atom is -0.468 e. The molecule has 0 radical (unpaired) electrons. The molecule has 0 heterocycles. The summed E-state index contributed by atoms with van der Waals surface area (Å²) in [6.07, 6.45) is 3.95. The first-order chi connectivity index (χ1) is 8.97. The van der Waals surface area contributed by atoms with Gasteiger partial charge in [0, 0.05) is 17.8 Å². The number of nitrogens with one attached hydrogen (secondary N) is 1. The zero-order valence-electron chi connectivity index (χ0n) is 12.1. The standard InChI is InChI=1S/C13H24N2O3S.ClH/c1-13(14)6-4-3-5-10(13)12(17)15-7-8-19-9-11(16)18-2;/h10H,3-9,14H2,1-2H3,(H,15,17);1H. The molecule has 1 saturated carbocycles. The highest BCUT2D eigenvalue weighted by Gasteiger charge is 2.37. The number of nitrogens with two attached hydrogens (primary N) is 1. The van der Waals surface area contributed by atoms with Gasteiger partial charge in [0.15, 0.2) is 0 Å². The van der Waals surface area contributed by atoms with Crippen molar-refractivity contribution in [2.45, 2.75) is 38.1 Å². The molecule has 0 aromatic heterocycles. The highest BCUT2D eigenvalue weighted by Crippen LogP contribution is 2.31. The lowest BCUT2D eigenvalue weighted by molar-refractivity contribution is -0.137. The van der Waals surface area contributed by atoms with Crippen molar-refractivity contribution in [1.82, 2.24) is 5.32 Å². The number of ether oxygens (including phenoxy) is 1. The van der Waals surface area contributed by atoms with Crippen LogP contribution in [0.15, 0.2) is 0 Å². The second-order valence-electron chi connectivity index (χ2n) is 5.22. The van der Waals surface area contributed by atoms with Gasteiger partial charge in [0.25, 0.3) is 0 Å². The van der Waals surface area contributed by atoms with Crippen molar-refractivity contribution < 1.29 is 14.3 Å². The molecule has 7 heteroatoms. The number of halogens is 1. The molecule has 2 atom stereocenters. The van der Waals surface area contributed by atoms with Gasteiger partial charge in [0.2, 0.25) is 5.91 Å². The topological polar surface area (TPSA) is 81.4 Å². The Hall–Kier alpha value is -0.460. The van der Waals surface area contributed by atoms with Crippen LogP contribution in [0.1, 0.15) is 32.6 Å². The average molecular weight is 325 g/mol. The zero-order valence-corrected chi connectivity index (χ0v) is 13.8. The minimum atomic E-state index is -0.387. The molecule has 5 nitrogen and oxygen atoms in total. The maximum absolute atomic E-state index is 12.1. The van der Waals surface area contributed by atoms with E-state index in [0.717, 1.165) is 25.7 Å². The molecule has 2 unspecified atom stereocenters. The first-order valence-corrected chi connectivity index (χ1v) is 7.84. The predicted molar refractivity (Wildman–Crippen MR) is 84.1 cm³/mol. The quantitative estimate of drug-likeness (QED) is 0.569. The Bertz CT molecular complexity index is 327. The van der Waals surface area contributed by atoms with Crippen molar-refractivity contribution in [1.29, 1.82) is 0 Å². The maximum Gasteiger partial charge on any atom is 0.315 e. The third-order valence-electron chi connectivity index (χ3n) is 3.56. The largest absolute Gasteiger partial charge is 0.468 e. The highest BCUT2D eigenvalue weighted by atomic mass is 35.5. The van der Waals surface area contributed by atoms with Gasteiger partial charge in [0.1, 0.15) is 0 Å². The lowest BCUT2D eigenvalue weighted by Gasteiger charge is -2.37. The predicted octanol–water partition coefficient (Wildman–Crippen LogP) is 1.34. The SMILES string of the molecule is COC(=O)CSCCNC(=O)C1CCCCC1(C)N.Cl. The molecule has 0 bridgehead atoms. The average Bonchev–Trinajstić information content (AvgIpc) is 2.37. The summed E-state index contributed by atoms with van der Waals surface area (Å²) < 4.78 is 4.54. The number of carbonyl (C=O) groups excluding carboxylic acids is 2. The minimum absolute atomic E-state index is 0. The van der Waals surface area contributed by atoms with E-state index in [4.69, 9.17) is 5.73 Å². The Balaban J connectivity index is 0.00000361. The summed E-state index contributed by atoms with van der Waals surface area (Å²) in [4.78, 5) is 23.0. The van der Waals surface area contributed by atoms with E-state index >= 15 is 0 Å². The third-order valence-corrected chi connectivity index (χ3v) is 4.50. The van der Waals surface area contributed by atoms with Crippen LogP contribution in [0.4, 0.5) is 0 Å². The van der Waals surface area contributed by atoms with Crippen molar-refractivity contribution >= 4 is 36.0 Å². The lowest BCUT2D eigenvalue weighted by atomic mass is 9.74. The van der Waals surface area contributed by atoms with Gasteiger partial charge in [-0.25, -0.2) is 0 Å². The Morgan fingerprint density at radius 3 is 2.75 bits per heavy atom. The summed E-state index contributed by atoms with van der Waals surface area (Å²) >= 11 is 1.45. The summed E-state index contributed by atoms with van der Waals surface area (Å²) in [6.45, 7) is 2.52.